The maximum atomic E-state index is 5.57. The van der Waals surface area contributed by atoms with Crippen LogP contribution in [0.4, 0.5) is 0 Å². The first-order valence-corrected chi connectivity index (χ1v) is 5.62. The number of aromatic nitrogens is 3. The lowest BCUT2D eigenvalue weighted by atomic mass is 10.3. The summed E-state index contributed by atoms with van der Waals surface area (Å²) in [5.41, 5.74) is 0.814. The minimum absolute atomic E-state index is 0.471. The van der Waals surface area contributed by atoms with E-state index in [1.54, 1.807) is 12.4 Å². The van der Waals surface area contributed by atoms with Gasteiger partial charge in [-0.15, -0.1) is 11.6 Å². The van der Waals surface area contributed by atoms with Gasteiger partial charge >= 0.3 is 0 Å². The van der Waals surface area contributed by atoms with Crippen molar-refractivity contribution in [1.82, 2.24) is 15.1 Å². The molecule has 0 spiro atoms. The normalized spacial score (nSPS) is 10.5. The van der Waals surface area contributed by atoms with Crippen LogP contribution in [0.5, 0.6) is 0 Å². The molecule has 0 atom stereocenters. The van der Waals surface area contributed by atoms with E-state index in [0.29, 0.717) is 24.0 Å². The molecule has 2 heterocycles. The number of rotatable bonds is 3. The monoisotopic (exact) mass is 287 g/mol. The standard InChI is InChI=1S/C9H7BrClN3O/c10-7-3-6(4-12-5-7)9-13-8(1-2-11)15-14-9/h3-5H,1-2H2. The van der Waals surface area contributed by atoms with E-state index in [2.05, 4.69) is 31.1 Å². The van der Waals surface area contributed by atoms with Crippen molar-refractivity contribution in [1.29, 1.82) is 0 Å². The summed E-state index contributed by atoms with van der Waals surface area (Å²) in [5.74, 6) is 1.54. The third-order valence-electron chi connectivity index (χ3n) is 1.74. The van der Waals surface area contributed by atoms with Gasteiger partial charge in [-0.05, 0) is 22.0 Å². The van der Waals surface area contributed by atoms with Gasteiger partial charge in [-0.25, -0.2) is 0 Å². The van der Waals surface area contributed by atoms with Crippen LogP contribution in [0.2, 0.25) is 0 Å². The Kier molecular flexibility index (Phi) is 3.33. The van der Waals surface area contributed by atoms with Crippen molar-refractivity contribution in [2.45, 2.75) is 6.42 Å². The van der Waals surface area contributed by atoms with E-state index < -0.39 is 0 Å². The van der Waals surface area contributed by atoms with Gasteiger partial charge in [0.05, 0.1) is 0 Å². The predicted octanol–water partition coefficient (Wildman–Crippen LogP) is 2.68. The van der Waals surface area contributed by atoms with Crippen molar-refractivity contribution in [2.24, 2.45) is 0 Å². The molecule has 2 rings (SSSR count). The van der Waals surface area contributed by atoms with Crippen molar-refractivity contribution in [3.63, 3.8) is 0 Å². The fourth-order valence-electron chi connectivity index (χ4n) is 1.09. The maximum Gasteiger partial charge on any atom is 0.228 e. The van der Waals surface area contributed by atoms with E-state index in [1.165, 1.54) is 0 Å². The highest BCUT2D eigenvalue weighted by molar-refractivity contribution is 9.10. The van der Waals surface area contributed by atoms with E-state index >= 15 is 0 Å². The lowest BCUT2D eigenvalue weighted by Crippen LogP contribution is -1.86. The number of pyridine rings is 1. The summed E-state index contributed by atoms with van der Waals surface area (Å²) < 4.78 is 5.89. The van der Waals surface area contributed by atoms with Crippen molar-refractivity contribution in [2.75, 3.05) is 5.88 Å². The molecule has 0 fully saturated rings. The first-order chi connectivity index (χ1) is 7.29. The molecular formula is C9H7BrClN3O. The SMILES string of the molecule is ClCCc1nc(-c2cncc(Br)c2)no1. The van der Waals surface area contributed by atoms with Crippen LogP contribution in [0.3, 0.4) is 0 Å². The first kappa shape index (κ1) is 10.6. The lowest BCUT2D eigenvalue weighted by Gasteiger charge is -1.93. The van der Waals surface area contributed by atoms with Crippen molar-refractivity contribution in [3.05, 3.63) is 28.8 Å². The summed E-state index contributed by atoms with van der Waals surface area (Å²) in [4.78, 5) is 8.21. The highest BCUT2D eigenvalue weighted by Crippen LogP contribution is 2.18. The summed E-state index contributed by atoms with van der Waals surface area (Å²) in [6.07, 6.45) is 3.96. The molecule has 0 aliphatic rings. The summed E-state index contributed by atoms with van der Waals surface area (Å²) in [6.45, 7) is 0. The molecule has 0 amide bonds. The topological polar surface area (TPSA) is 51.8 Å². The van der Waals surface area contributed by atoms with Gasteiger partial charge in [-0.2, -0.15) is 4.98 Å². The number of nitrogens with zero attached hydrogens (tertiary/aromatic N) is 3. The minimum atomic E-state index is 0.471. The van der Waals surface area contributed by atoms with Crippen molar-refractivity contribution >= 4 is 27.5 Å². The zero-order chi connectivity index (χ0) is 10.7. The van der Waals surface area contributed by atoms with Crippen molar-refractivity contribution < 1.29 is 4.52 Å². The van der Waals surface area contributed by atoms with E-state index in [1.807, 2.05) is 6.07 Å². The van der Waals surface area contributed by atoms with Crippen LogP contribution >= 0.6 is 27.5 Å². The van der Waals surface area contributed by atoms with Crippen LogP contribution in [0.1, 0.15) is 5.89 Å². The predicted molar refractivity (Wildman–Crippen MR) is 59.7 cm³/mol. The van der Waals surface area contributed by atoms with Gasteiger partial charge in [0.25, 0.3) is 0 Å². The molecule has 0 radical (unpaired) electrons. The summed E-state index contributed by atoms with van der Waals surface area (Å²) in [7, 11) is 0. The van der Waals surface area contributed by atoms with E-state index in [4.69, 9.17) is 16.1 Å². The van der Waals surface area contributed by atoms with Gasteiger partial charge in [-0.1, -0.05) is 5.16 Å². The highest BCUT2D eigenvalue weighted by atomic mass is 79.9. The second-order valence-corrected chi connectivity index (χ2v) is 4.14. The molecule has 0 saturated heterocycles. The smallest absolute Gasteiger partial charge is 0.228 e. The van der Waals surface area contributed by atoms with Crippen LogP contribution < -0.4 is 0 Å². The third kappa shape index (κ3) is 2.54. The molecule has 78 valence electrons. The Bertz CT molecular complexity index is 460. The van der Waals surface area contributed by atoms with Crippen LogP contribution in [0, 0.1) is 0 Å². The fraction of sp³-hybridized carbons (Fsp3) is 0.222. The second kappa shape index (κ2) is 4.72. The van der Waals surface area contributed by atoms with Gasteiger partial charge in [0, 0.05) is 34.7 Å². The number of aryl methyl sites for hydroxylation is 1. The summed E-state index contributed by atoms with van der Waals surface area (Å²) in [6, 6.07) is 1.88. The Morgan fingerprint density at radius 3 is 3.00 bits per heavy atom. The lowest BCUT2D eigenvalue weighted by molar-refractivity contribution is 0.383. The Morgan fingerprint density at radius 1 is 1.40 bits per heavy atom. The Hall–Kier alpha value is -0.940. The number of halogens is 2. The number of hydrogen-bond acceptors (Lipinski definition) is 4. The molecule has 0 bridgehead atoms. The first-order valence-electron chi connectivity index (χ1n) is 4.29. The van der Waals surface area contributed by atoms with Crippen LogP contribution in [-0.4, -0.2) is 21.0 Å². The van der Waals surface area contributed by atoms with Crippen LogP contribution in [0.15, 0.2) is 27.5 Å². The molecule has 0 N–H and O–H groups in total. The van der Waals surface area contributed by atoms with Gasteiger partial charge in [0.2, 0.25) is 11.7 Å². The molecule has 0 aliphatic heterocycles. The Balaban J connectivity index is 2.29. The second-order valence-electron chi connectivity index (χ2n) is 2.84. The quantitative estimate of drug-likeness (QED) is 0.815. The summed E-state index contributed by atoms with van der Waals surface area (Å²) in [5, 5.41) is 3.84. The van der Waals surface area contributed by atoms with E-state index in [0.717, 1.165) is 10.0 Å². The van der Waals surface area contributed by atoms with Crippen LogP contribution in [0.25, 0.3) is 11.4 Å². The molecule has 2 aromatic heterocycles. The molecule has 0 aliphatic carbocycles. The van der Waals surface area contributed by atoms with E-state index in [-0.39, 0.29) is 0 Å². The largest absolute Gasteiger partial charge is 0.339 e. The molecule has 0 unspecified atom stereocenters. The Labute approximate surface area is 99.8 Å². The van der Waals surface area contributed by atoms with Crippen LogP contribution in [-0.2, 0) is 6.42 Å². The molecule has 6 heteroatoms. The zero-order valence-electron chi connectivity index (χ0n) is 7.65. The Morgan fingerprint density at radius 2 is 2.27 bits per heavy atom. The fourth-order valence-corrected chi connectivity index (χ4v) is 1.62. The van der Waals surface area contributed by atoms with Gasteiger partial charge in [0.15, 0.2) is 0 Å². The number of hydrogen-bond donors (Lipinski definition) is 0. The molecule has 15 heavy (non-hydrogen) atoms. The molecular weight excluding hydrogens is 281 g/mol. The van der Waals surface area contributed by atoms with Gasteiger partial charge < -0.3 is 4.52 Å². The summed E-state index contributed by atoms with van der Waals surface area (Å²) >= 11 is 8.90. The highest BCUT2D eigenvalue weighted by Gasteiger charge is 2.08. The number of alkyl halides is 1. The average molecular weight is 289 g/mol. The molecule has 0 aromatic carbocycles. The maximum absolute atomic E-state index is 5.57. The third-order valence-corrected chi connectivity index (χ3v) is 2.36. The van der Waals surface area contributed by atoms with E-state index in [9.17, 15) is 0 Å². The minimum Gasteiger partial charge on any atom is -0.339 e. The van der Waals surface area contributed by atoms with Gasteiger partial charge in [0.1, 0.15) is 0 Å². The molecule has 4 nitrogen and oxygen atoms in total. The molecule has 2 aromatic rings. The van der Waals surface area contributed by atoms with Crippen molar-refractivity contribution in [3.8, 4) is 11.4 Å². The zero-order valence-corrected chi connectivity index (χ0v) is 9.99. The average Bonchev–Trinajstić information content (AvgIpc) is 2.67. The molecule has 0 saturated carbocycles. The van der Waals surface area contributed by atoms with Gasteiger partial charge in [-0.3, -0.25) is 4.98 Å².